The molecule has 0 atom stereocenters. The fraction of sp³-hybridized carbons (Fsp3) is 0.238. The van der Waals surface area contributed by atoms with Gasteiger partial charge in [-0.05, 0) is 13.0 Å². The third-order valence-corrected chi connectivity index (χ3v) is 4.80. The summed E-state index contributed by atoms with van der Waals surface area (Å²) in [4.78, 5) is 23.3. The van der Waals surface area contributed by atoms with E-state index < -0.39 is 12.0 Å². The summed E-state index contributed by atoms with van der Waals surface area (Å²) in [5.41, 5.74) is 2.91. The largest absolute Gasteiger partial charge is 0.454 e. The Kier molecular flexibility index (Phi) is 5.43. The quantitative estimate of drug-likeness (QED) is 0.507. The van der Waals surface area contributed by atoms with Crippen LogP contribution in [0.15, 0.2) is 47.7 Å². The number of pyridine rings is 2. The van der Waals surface area contributed by atoms with E-state index in [9.17, 15) is 23.1 Å². The molecule has 32 heavy (non-hydrogen) atoms. The van der Waals surface area contributed by atoms with Gasteiger partial charge in [-0.25, -0.2) is 9.97 Å². The Labute approximate surface area is 179 Å². The average Bonchev–Trinajstić information content (AvgIpc) is 3.09. The topological polar surface area (TPSA) is 95.1 Å². The van der Waals surface area contributed by atoms with E-state index in [1.807, 2.05) is 4.57 Å². The number of hydrogen-bond donors (Lipinski definition) is 1. The summed E-state index contributed by atoms with van der Waals surface area (Å²) in [6.45, 7) is 1.98. The Morgan fingerprint density at radius 3 is 2.50 bits per heavy atom. The van der Waals surface area contributed by atoms with Crippen molar-refractivity contribution < 1.29 is 23.0 Å². The van der Waals surface area contributed by atoms with Crippen LogP contribution in [0.25, 0.3) is 22.3 Å². The van der Waals surface area contributed by atoms with Gasteiger partial charge in [0.15, 0.2) is 5.75 Å². The SMILES string of the molecule is Cc1cc(Oc2cnc(C(F)(F)F)nc2)cc(-c2cn(CCO)c3ccc(=O)n(C)c23)n1. The van der Waals surface area contributed by atoms with E-state index in [1.165, 1.54) is 10.6 Å². The molecule has 8 nitrogen and oxygen atoms in total. The molecule has 0 aliphatic rings. The molecular formula is C21H18F3N5O3. The minimum absolute atomic E-state index is 0.0321. The van der Waals surface area contributed by atoms with Gasteiger partial charge in [0.05, 0.1) is 35.7 Å². The summed E-state index contributed by atoms with van der Waals surface area (Å²) in [6.07, 6.45) is -0.963. The normalized spacial score (nSPS) is 11.8. The predicted molar refractivity (Wildman–Crippen MR) is 109 cm³/mol. The highest BCUT2D eigenvalue weighted by atomic mass is 19.4. The van der Waals surface area contributed by atoms with Gasteiger partial charge < -0.3 is 19.0 Å². The lowest BCUT2D eigenvalue weighted by Gasteiger charge is -2.10. The van der Waals surface area contributed by atoms with Crippen LogP contribution in [0.3, 0.4) is 0 Å². The van der Waals surface area contributed by atoms with Crippen LogP contribution in [0.1, 0.15) is 11.5 Å². The van der Waals surface area contributed by atoms with Gasteiger partial charge in [-0.3, -0.25) is 9.78 Å². The number of halogens is 3. The fourth-order valence-corrected chi connectivity index (χ4v) is 3.43. The first-order valence-electron chi connectivity index (χ1n) is 9.53. The van der Waals surface area contributed by atoms with Crippen LogP contribution >= 0.6 is 0 Å². The van der Waals surface area contributed by atoms with E-state index in [4.69, 9.17) is 4.74 Å². The zero-order chi connectivity index (χ0) is 23.0. The second-order valence-corrected chi connectivity index (χ2v) is 7.10. The average molecular weight is 445 g/mol. The monoisotopic (exact) mass is 445 g/mol. The number of aliphatic hydroxyl groups excluding tert-OH is 1. The minimum atomic E-state index is -4.64. The first kappa shape index (κ1) is 21.5. The number of nitrogens with zero attached hydrogens (tertiary/aromatic N) is 5. The second kappa shape index (κ2) is 8.08. The van der Waals surface area contributed by atoms with E-state index in [0.717, 1.165) is 17.9 Å². The predicted octanol–water partition coefficient (Wildman–Crippen LogP) is 3.30. The Morgan fingerprint density at radius 2 is 1.84 bits per heavy atom. The number of hydrogen-bond acceptors (Lipinski definition) is 6. The van der Waals surface area contributed by atoms with Crippen LogP contribution < -0.4 is 10.3 Å². The summed E-state index contributed by atoms with van der Waals surface area (Å²) in [6, 6.07) is 6.36. The van der Waals surface area contributed by atoms with Crippen molar-refractivity contribution in [1.82, 2.24) is 24.1 Å². The van der Waals surface area contributed by atoms with Gasteiger partial charge in [-0.15, -0.1) is 0 Å². The molecule has 4 heterocycles. The highest BCUT2D eigenvalue weighted by Gasteiger charge is 2.34. The lowest BCUT2D eigenvalue weighted by Crippen LogP contribution is -2.15. The molecule has 0 fully saturated rings. The number of fused-ring (bicyclic) bond motifs is 1. The molecule has 4 aromatic rings. The maximum Gasteiger partial charge on any atom is 0.451 e. The summed E-state index contributed by atoms with van der Waals surface area (Å²) >= 11 is 0. The molecular weight excluding hydrogens is 427 g/mol. The van der Waals surface area contributed by atoms with E-state index in [2.05, 4.69) is 15.0 Å². The number of aliphatic hydroxyl groups is 1. The number of aromatic nitrogens is 5. The standard InChI is InChI=1S/C21H18F3N5O3/c1-12-7-13(32-14-9-25-20(26-10-14)21(22,23)24)8-16(27-12)15-11-29(5-6-30)17-3-4-18(31)28(2)19(15)17/h3-4,7-11,30H,5-6H2,1-2H3. The first-order chi connectivity index (χ1) is 15.2. The molecule has 0 bridgehead atoms. The Bertz CT molecular complexity index is 1340. The maximum absolute atomic E-state index is 12.7. The van der Waals surface area contributed by atoms with Crippen molar-refractivity contribution >= 4 is 11.0 Å². The number of alkyl halides is 3. The molecule has 0 saturated heterocycles. The fourth-order valence-electron chi connectivity index (χ4n) is 3.43. The van der Waals surface area contributed by atoms with Crippen molar-refractivity contribution in [2.75, 3.05) is 6.61 Å². The van der Waals surface area contributed by atoms with Crippen molar-refractivity contribution in [3.63, 3.8) is 0 Å². The van der Waals surface area contributed by atoms with Gasteiger partial charge >= 0.3 is 6.18 Å². The zero-order valence-electron chi connectivity index (χ0n) is 17.1. The lowest BCUT2D eigenvalue weighted by molar-refractivity contribution is -0.145. The first-order valence-corrected chi connectivity index (χ1v) is 9.53. The second-order valence-electron chi connectivity index (χ2n) is 7.10. The Morgan fingerprint density at radius 1 is 1.12 bits per heavy atom. The van der Waals surface area contributed by atoms with Gasteiger partial charge in [0, 0.05) is 49.2 Å². The number of aryl methyl sites for hydroxylation is 2. The summed E-state index contributed by atoms with van der Waals surface area (Å²) in [5.74, 6) is -0.904. The summed E-state index contributed by atoms with van der Waals surface area (Å²) in [5, 5.41) is 9.40. The highest BCUT2D eigenvalue weighted by molar-refractivity contribution is 5.92. The van der Waals surface area contributed by atoms with E-state index in [1.54, 1.807) is 38.4 Å². The van der Waals surface area contributed by atoms with Gasteiger partial charge in [-0.2, -0.15) is 13.2 Å². The molecule has 0 saturated carbocycles. The zero-order valence-corrected chi connectivity index (χ0v) is 17.1. The molecule has 0 aliphatic heterocycles. The van der Waals surface area contributed by atoms with Gasteiger partial charge in [0.25, 0.3) is 5.56 Å². The van der Waals surface area contributed by atoms with Gasteiger partial charge in [-0.1, -0.05) is 0 Å². The lowest BCUT2D eigenvalue weighted by atomic mass is 10.1. The third kappa shape index (κ3) is 4.06. The smallest absolute Gasteiger partial charge is 0.451 e. The van der Waals surface area contributed by atoms with Crippen LogP contribution in [-0.4, -0.2) is 35.8 Å². The third-order valence-electron chi connectivity index (χ3n) is 4.80. The van der Waals surface area contributed by atoms with Crippen molar-refractivity contribution in [3.05, 3.63) is 64.7 Å². The number of ether oxygens (including phenoxy) is 1. The molecule has 0 spiro atoms. The van der Waals surface area contributed by atoms with Crippen LogP contribution in [0.4, 0.5) is 13.2 Å². The maximum atomic E-state index is 12.7. The Balaban J connectivity index is 1.77. The molecule has 166 valence electrons. The van der Waals surface area contributed by atoms with E-state index in [0.29, 0.717) is 34.8 Å². The van der Waals surface area contributed by atoms with Crippen molar-refractivity contribution in [3.8, 4) is 22.8 Å². The van der Waals surface area contributed by atoms with E-state index in [-0.39, 0.29) is 17.9 Å². The molecule has 4 aromatic heterocycles. The number of rotatable bonds is 5. The van der Waals surface area contributed by atoms with Gasteiger partial charge in [0.1, 0.15) is 5.75 Å². The van der Waals surface area contributed by atoms with Crippen LogP contribution in [-0.2, 0) is 19.8 Å². The summed E-state index contributed by atoms with van der Waals surface area (Å²) in [7, 11) is 1.64. The molecule has 0 amide bonds. The molecule has 0 aliphatic carbocycles. The van der Waals surface area contributed by atoms with Crippen molar-refractivity contribution in [2.24, 2.45) is 7.05 Å². The molecule has 11 heteroatoms. The molecule has 4 rings (SSSR count). The van der Waals surface area contributed by atoms with Crippen LogP contribution in [0, 0.1) is 6.92 Å². The van der Waals surface area contributed by atoms with Crippen LogP contribution in [0.2, 0.25) is 0 Å². The minimum Gasteiger partial charge on any atom is -0.454 e. The van der Waals surface area contributed by atoms with E-state index >= 15 is 0 Å². The highest BCUT2D eigenvalue weighted by Crippen LogP contribution is 2.33. The van der Waals surface area contributed by atoms with Gasteiger partial charge in [0.2, 0.25) is 5.82 Å². The summed E-state index contributed by atoms with van der Waals surface area (Å²) < 4.78 is 47.0. The van der Waals surface area contributed by atoms with Crippen molar-refractivity contribution in [1.29, 1.82) is 0 Å². The molecule has 0 unspecified atom stereocenters. The molecule has 0 aromatic carbocycles. The van der Waals surface area contributed by atoms with Crippen molar-refractivity contribution in [2.45, 2.75) is 19.6 Å². The molecule has 0 radical (unpaired) electrons. The Hall–Kier alpha value is -3.73. The van der Waals surface area contributed by atoms with Crippen LogP contribution in [0.5, 0.6) is 11.5 Å². The molecule has 1 N–H and O–H groups in total.